The number of thiophene rings is 1. The van der Waals surface area contributed by atoms with E-state index < -0.39 is 5.41 Å². The average Bonchev–Trinajstić information content (AvgIpc) is 3.02. The lowest BCUT2D eigenvalue weighted by Crippen LogP contribution is -2.47. The topological polar surface area (TPSA) is 64.6 Å². The van der Waals surface area contributed by atoms with Gasteiger partial charge in [-0.2, -0.15) is 0 Å². The number of hydrogen-bond acceptors (Lipinski definition) is 5. The summed E-state index contributed by atoms with van der Waals surface area (Å²) in [4.78, 5) is 27.0. The molecule has 2 heterocycles. The number of fused-ring (bicyclic) bond motifs is 1. The second-order valence-electron chi connectivity index (χ2n) is 7.04. The SMILES string of the molecule is COC(=O)C1(CNC(=O)c2cc3c(s2)CCCCCC3)CCOCC1. The second-order valence-corrected chi connectivity index (χ2v) is 8.18. The van der Waals surface area contributed by atoms with Gasteiger partial charge in [-0.3, -0.25) is 9.59 Å². The first-order valence-electron chi connectivity index (χ1n) is 9.20. The number of rotatable bonds is 4. The zero-order valence-electron chi connectivity index (χ0n) is 14.9. The summed E-state index contributed by atoms with van der Waals surface area (Å²) < 4.78 is 10.4. The van der Waals surface area contributed by atoms with E-state index in [1.807, 2.05) is 0 Å². The molecule has 1 aliphatic heterocycles. The molecule has 0 radical (unpaired) electrons. The average molecular weight is 365 g/mol. The lowest BCUT2D eigenvalue weighted by atomic mass is 9.80. The Kier molecular flexibility index (Phi) is 6.12. The van der Waals surface area contributed by atoms with Crippen molar-refractivity contribution >= 4 is 23.2 Å². The van der Waals surface area contributed by atoms with Crippen molar-refractivity contribution in [3.05, 3.63) is 21.4 Å². The smallest absolute Gasteiger partial charge is 0.313 e. The predicted molar refractivity (Wildman–Crippen MR) is 97.0 cm³/mol. The molecular formula is C19H27NO4S. The molecule has 0 saturated carbocycles. The Morgan fingerprint density at radius 1 is 1.20 bits per heavy atom. The highest BCUT2D eigenvalue weighted by Crippen LogP contribution is 2.32. The number of methoxy groups -OCH3 is 1. The highest BCUT2D eigenvalue weighted by Gasteiger charge is 2.41. The molecular weight excluding hydrogens is 338 g/mol. The molecule has 1 aromatic heterocycles. The summed E-state index contributed by atoms with van der Waals surface area (Å²) in [5.74, 6) is -0.332. The van der Waals surface area contributed by atoms with Crippen LogP contribution in [-0.2, 0) is 27.1 Å². The van der Waals surface area contributed by atoms with E-state index in [1.54, 1.807) is 11.3 Å². The third-order valence-corrected chi connectivity index (χ3v) is 6.61. The second kappa shape index (κ2) is 8.32. The van der Waals surface area contributed by atoms with Crippen LogP contribution in [0.5, 0.6) is 0 Å². The predicted octanol–water partition coefficient (Wildman–Crippen LogP) is 3.11. The first-order chi connectivity index (χ1) is 12.1. The standard InChI is InChI=1S/C19H27NO4S/c1-23-18(22)19(8-10-24-11-9-19)13-20-17(21)16-12-14-6-4-2-3-5-7-15(14)25-16/h12H,2-11,13H2,1H3,(H,20,21). The maximum atomic E-state index is 12.6. The zero-order chi connectivity index (χ0) is 17.7. The Morgan fingerprint density at radius 2 is 1.92 bits per heavy atom. The number of amides is 1. The first-order valence-corrected chi connectivity index (χ1v) is 10.0. The van der Waals surface area contributed by atoms with Gasteiger partial charge in [0.2, 0.25) is 0 Å². The van der Waals surface area contributed by atoms with Gasteiger partial charge >= 0.3 is 5.97 Å². The van der Waals surface area contributed by atoms with E-state index in [1.165, 1.54) is 43.2 Å². The van der Waals surface area contributed by atoms with Crippen molar-refractivity contribution < 1.29 is 19.1 Å². The van der Waals surface area contributed by atoms with Gasteiger partial charge in [-0.05, 0) is 50.2 Å². The van der Waals surface area contributed by atoms with Gasteiger partial charge in [-0.25, -0.2) is 0 Å². The van der Waals surface area contributed by atoms with Crippen LogP contribution in [0.15, 0.2) is 6.07 Å². The molecule has 0 aromatic carbocycles. The number of esters is 1. The van der Waals surface area contributed by atoms with Crippen molar-refractivity contribution in [2.45, 2.75) is 51.4 Å². The zero-order valence-corrected chi connectivity index (χ0v) is 15.7. The molecule has 1 fully saturated rings. The molecule has 1 aromatic rings. The number of aryl methyl sites for hydroxylation is 2. The van der Waals surface area contributed by atoms with Crippen LogP contribution in [0.4, 0.5) is 0 Å². The molecule has 1 saturated heterocycles. The van der Waals surface area contributed by atoms with Crippen molar-refractivity contribution in [2.24, 2.45) is 5.41 Å². The van der Waals surface area contributed by atoms with Crippen molar-refractivity contribution in [3.8, 4) is 0 Å². The van der Waals surface area contributed by atoms with Gasteiger partial charge in [0.15, 0.2) is 0 Å². The van der Waals surface area contributed by atoms with Gasteiger partial charge in [-0.1, -0.05) is 12.8 Å². The van der Waals surface area contributed by atoms with Crippen molar-refractivity contribution in [1.29, 1.82) is 0 Å². The van der Waals surface area contributed by atoms with Gasteiger partial charge in [0.05, 0.1) is 17.4 Å². The maximum absolute atomic E-state index is 12.6. The van der Waals surface area contributed by atoms with Crippen molar-refractivity contribution in [1.82, 2.24) is 5.32 Å². The molecule has 5 nitrogen and oxygen atoms in total. The van der Waals surface area contributed by atoms with Crippen molar-refractivity contribution in [3.63, 3.8) is 0 Å². The van der Waals surface area contributed by atoms with Gasteiger partial charge in [0.1, 0.15) is 0 Å². The fraction of sp³-hybridized carbons (Fsp3) is 0.684. The summed E-state index contributed by atoms with van der Waals surface area (Å²) in [7, 11) is 1.40. The number of nitrogens with one attached hydrogen (secondary N) is 1. The first kappa shape index (κ1) is 18.4. The minimum Gasteiger partial charge on any atom is -0.469 e. The van der Waals surface area contributed by atoms with Gasteiger partial charge in [0, 0.05) is 24.6 Å². The Morgan fingerprint density at radius 3 is 2.64 bits per heavy atom. The normalized spacial score (nSPS) is 20.0. The minimum atomic E-state index is -0.658. The minimum absolute atomic E-state index is 0.0773. The van der Waals surface area contributed by atoms with Crippen LogP contribution in [-0.4, -0.2) is 38.7 Å². The molecule has 0 unspecified atom stereocenters. The molecule has 0 atom stereocenters. The Balaban J connectivity index is 1.67. The molecule has 0 bridgehead atoms. The molecule has 2 aliphatic rings. The van der Waals surface area contributed by atoms with E-state index in [2.05, 4.69) is 11.4 Å². The monoisotopic (exact) mass is 365 g/mol. The molecule has 1 aliphatic carbocycles. The van der Waals surface area contributed by atoms with E-state index in [4.69, 9.17) is 9.47 Å². The summed E-state index contributed by atoms with van der Waals surface area (Å²) in [6, 6.07) is 2.05. The highest BCUT2D eigenvalue weighted by molar-refractivity contribution is 7.14. The van der Waals surface area contributed by atoms with Gasteiger partial charge in [0.25, 0.3) is 5.91 Å². The molecule has 6 heteroatoms. The van der Waals surface area contributed by atoms with Crippen LogP contribution < -0.4 is 5.32 Å². The Bertz CT molecular complexity index is 593. The summed E-state index contributed by atoms with van der Waals surface area (Å²) in [5.41, 5.74) is 0.678. The van der Waals surface area contributed by atoms with E-state index in [0.717, 1.165) is 17.7 Å². The van der Waals surface area contributed by atoms with Gasteiger partial charge in [-0.15, -0.1) is 11.3 Å². The maximum Gasteiger partial charge on any atom is 0.313 e. The van der Waals surface area contributed by atoms with E-state index in [0.29, 0.717) is 32.6 Å². The summed E-state index contributed by atoms with van der Waals surface area (Å²) in [6.07, 6.45) is 8.29. The molecule has 3 rings (SSSR count). The van der Waals surface area contributed by atoms with Crippen LogP contribution in [0.1, 0.15) is 58.6 Å². The summed E-state index contributed by atoms with van der Waals surface area (Å²) in [5, 5.41) is 2.98. The number of carbonyl (C=O) groups excluding carboxylic acids is 2. The van der Waals surface area contributed by atoms with Gasteiger partial charge < -0.3 is 14.8 Å². The molecule has 1 amide bonds. The lowest BCUT2D eigenvalue weighted by molar-refractivity contribution is -0.158. The Labute approximate surface area is 153 Å². The fourth-order valence-electron chi connectivity index (χ4n) is 3.72. The van der Waals surface area contributed by atoms with Crippen LogP contribution >= 0.6 is 11.3 Å². The number of ether oxygens (including phenoxy) is 2. The van der Waals surface area contributed by atoms with E-state index in [-0.39, 0.29) is 11.9 Å². The molecule has 25 heavy (non-hydrogen) atoms. The molecule has 138 valence electrons. The summed E-state index contributed by atoms with van der Waals surface area (Å²) >= 11 is 1.61. The van der Waals surface area contributed by atoms with Crippen LogP contribution in [0, 0.1) is 5.41 Å². The quantitative estimate of drug-likeness (QED) is 0.833. The number of carbonyl (C=O) groups is 2. The van der Waals surface area contributed by atoms with Crippen LogP contribution in [0.2, 0.25) is 0 Å². The lowest BCUT2D eigenvalue weighted by Gasteiger charge is -2.34. The third kappa shape index (κ3) is 4.23. The van der Waals surface area contributed by atoms with E-state index >= 15 is 0 Å². The fourth-order valence-corrected chi connectivity index (χ4v) is 4.89. The molecule has 0 spiro atoms. The summed E-state index contributed by atoms with van der Waals surface area (Å²) in [6.45, 7) is 1.36. The third-order valence-electron chi connectivity index (χ3n) is 5.38. The van der Waals surface area contributed by atoms with Crippen LogP contribution in [0.3, 0.4) is 0 Å². The van der Waals surface area contributed by atoms with Crippen LogP contribution in [0.25, 0.3) is 0 Å². The Hall–Kier alpha value is -1.40. The van der Waals surface area contributed by atoms with Crippen molar-refractivity contribution in [2.75, 3.05) is 26.9 Å². The largest absolute Gasteiger partial charge is 0.469 e. The number of hydrogen-bond donors (Lipinski definition) is 1. The molecule has 1 N–H and O–H groups in total. The highest BCUT2D eigenvalue weighted by atomic mass is 32.1. The van der Waals surface area contributed by atoms with E-state index in [9.17, 15) is 9.59 Å².